The summed E-state index contributed by atoms with van der Waals surface area (Å²) in [7, 11) is 3.61. The van der Waals surface area contributed by atoms with Gasteiger partial charge in [-0.2, -0.15) is 0 Å². The lowest BCUT2D eigenvalue weighted by molar-refractivity contribution is -0.119. The number of carbonyl (C=O) groups is 2. The molecule has 9 heteroatoms. The molecule has 2 unspecified atom stereocenters. The Morgan fingerprint density at radius 1 is 1.14 bits per heavy atom. The van der Waals surface area contributed by atoms with E-state index in [-0.39, 0.29) is 48.6 Å². The van der Waals surface area contributed by atoms with Crippen LogP contribution in [0.25, 0.3) is 0 Å². The summed E-state index contributed by atoms with van der Waals surface area (Å²) in [6.45, 7) is 3.16. The van der Waals surface area contributed by atoms with Crippen molar-refractivity contribution in [2.24, 2.45) is 11.7 Å². The maximum absolute atomic E-state index is 12.8. The second-order valence-corrected chi connectivity index (χ2v) is 7.27. The predicted octanol–water partition coefficient (Wildman–Crippen LogP) is 1.99. The van der Waals surface area contributed by atoms with Crippen LogP contribution in [0, 0.1) is 5.92 Å². The molecule has 0 bridgehead atoms. The number of nitrogens with one attached hydrogen (secondary N) is 1. The molecule has 1 aliphatic carbocycles. The van der Waals surface area contributed by atoms with Crippen molar-refractivity contribution in [2.75, 3.05) is 45.7 Å². The summed E-state index contributed by atoms with van der Waals surface area (Å²) < 4.78 is 5.35. The van der Waals surface area contributed by atoms with E-state index in [4.69, 9.17) is 10.5 Å². The molecule has 0 radical (unpaired) electrons. The van der Waals surface area contributed by atoms with E-state index in [1.165, 1.54) is 0 Å². The van der Waals surface area contributed by atoms with Crippen molar-refractivity contribution in [3.05, 3.63) is 23.8 Å². The molecule has 1 aromatic rings. The third-order valence-electron chi connectivity index (χ3n) is 5.34. The van der Waals surface area contributed by atoms with Crippen molar-refractivity contribution in [1.82, 2.24) is 9.80 Å². The Labute approximate surface area is 178 Å². The molecular formula is C19H30Cl2N4O3. The fourth-order valence-electron chi connectivity index (χ4n) is 3.62. The van der Waals surface area contributed by atoms with Gasteiger partial charge in [0.1, 0.15) is 5.75 Å². The monoisotopic (exact) mass is 432 g/mol. The van der Waals surface area contributed by atoms with Gasteiger partial charge in [0.25, 0.3) is 5.91 Å². The van der Waals surface area contributed by atoms with Crippen LogP contribution in [0.5, 0.6) is 5.75 Å². The second kappa shape index (κ2) is 10.9. The first-order chi connectivity index (χ1) is 12.5. The molecule has 2 fully saturated rings. The number of carbonyl (C=O) groups excluding carboxylic acids is 2. The zero-order valence-electron chi connectivity index (χ0n) is 16.3. The van der Waals surface area contributed by atoms with E-state index in [0.717, 1.165) is 25.9 Å². The van der Waals surface area contributed by atoms with Crippen LogP contribution in [-0.4, -0.2) is 68.0 Å². The van der Waals surface area contributed by atoms with Crippen molar-refractivity contribution < 1.29 is 14.3 Å². The summed E-state index contributed by atoms with van der Waals surface area (Å²) >= 11 is 0. The summed E-state index contributed by atoms with van der Waals surface area (Å²) in [5, 5.41) is 2.93. The van der Waals surface area contributed by atoms with Gasteiger partial charge in [0, 0.05) is 43.7 Å². The van der Waals surface area contributed by atoms with Gasteiger partial charge >= 0.3 is 0 Å². The van der Waals surface area contributed by atoms with Crippen molar-refractivity contribution in [3.8, 4) is 5.75 Å². The van der Waals surface area contributed by atoms with Gasteiger partial charge < -0.3 is 25.6 Å². The van der Waals surface area contributed by atoms with Crippen LogP contribution < -0.4 is 15.8 Å². The summed E-state index contributed by atoms with van der Waals surface area (Å²) in [4.78, 5) is 29.4. The van der Waals surface area contributed by atoms with E-state index in [9.17, 15) is 9.59 Å². The fraction of sp³-hybridized carbons (Fsp3) is 0.579. The number of likely N-dealkylation sites (N-methyl/N-ethyl adjacent to an activating group) is 1. The van der Waals surface area contributed by atoms with Gasteiger partial charge in [0.2, 0.25) is 5.91 Å². The minimum Gasteiger partial charge on any atom is -0.495 e. The molecule has 1 saturated heterocycles. The number of ether oxygens (including phenoxy) is 1. The molecule has 0 aromatic heterocycles. The maximum Gasteiger partial charge on any atom is 0.254 e. The second-order valence-electron chi connectivity index (χ2n) is 7.27. The van der Waals surface area contributed by atoms with Gasteiger partial charge in [-0.3, -0.25) is 9.59 Å². The van der Waals surface area contributed by atoms with E-state index in [1.807, 2.05) is 4.90 Å². The predicted molar refractivity (Wildman–Crippen MR) is 115 cm³/mol. The molecule has 2 amide bonds. The molecule has 158 valence electrons. The molecule has 2 atom stereocenters. The van der Waals surface area contributed by atoms with Crippen molar-refractivity contribution in [3.63, 3.8) is 0 Å². The lowest BCUT2D eigenvalue weighted by atomic mass is 10.1. The van der Waals surface area contributed by atoms with Crippen LogP contribution in [0.2, 0.25) is 0 Å². The molecule has 7 nitrogen and oxygen atoms in total. The molecule has 3 rings (SSSR count). The Hall–Kier alpha value is -1.54. The highest BCUT2D eigenvalue weighted by atomic mass is 35.5. The number of nitrogens with zero attached hydrogens (tertiary/aromatic N) is 2. The van der Waals surface area contributed by atoms with Crippen molar-refractivity contribution >= 4 is 42.3 Å². The summed E-state index contributed by atoms with van der Waals surface area (Å²) in [6.07, 6.45) is 2.38. The van der Waals surface area contributed by atoms with Gasteiger partial charge in [-0.15, -0.1) is 24.8 Å². The zero-order valence-corrected chi connectivity index (χ0v) is 18.0. The quantitative estimate of drug-likeness (QED) is 0.759. The smallest absolute Gasteiger partial charge is 0.254 e. The third kappa shape index (κ3) is 5.73. The minimum atomic E-state index is -0.0771. The number of halogens is 2. The Balaban J connectivity index is 0.00000196. The molecule has 1 heterocycles. The number of anilines is 1. The average Bonchev–Trinajstić information content (AvgIpc) is 3.08. The maximum atomic E-state index is 12.8. The number of benzene rings is 1. The molecule has 0 spiro atoms. The van der Waals surface area contributed by atoms with Crippen LogP contribution >= 0.6 is 24.8 Å². The number of piperazine rings is 1. The van der Waals surface area contributed by atoms with Crippen LogP contribution in [0.4, 0.5) is 5.69 Å². The molecule has 1 aromatic carbocycles. The zero-order chi connectivity index (χ0) is 18.7. The summed E-state index contributed by atoms with van der Waals surface area (Å²) in [5.41, 5.74) is 7.01. The molecule has 2 aliphatic rings. The van der Waals surface area contributed by atoms with E-state index >= 15 is 0 Å². The molecule has 1 saturated carbocycles. The van der Waals surface area contributed by atoms with Gasteiger partial charge in [-0.1, -0.05) is 0 Å². The Kier molecular flexibility index (Phi) is 9.50. The normalized spacial score (nSPS) is 22.0. The fourth-order valence-corrected chi connectivity index (χ4v) is 3.62. The number of hydrogen-bond acceptors (Lipinski definition) is 5. The average molecular weight is 433 g/mol. The van der Waals surface area contributed by atoms with Gasteiger partial charge in [-0.25, -0.2) is 0 Å². The first-order valence-electron chi connectivity index (χ1n) is 9.20. The Morgan fingerprint density at radius 2 is 1.82 bits per heavy atom. The molecule has 3 N–H and O–H groups in total. The van der Waals surface area contributed by atoms with Crippen molar-refractivity contribution in [2.45, 2.75) is 25.3 Å². The van der Waals surface area contributed by atoms with Crippen LogP contribution in [0.3, 0.4) is 0 Å². The van der Waals surface area contributed by atoms with Crippen LogP contribution in [0.15, 0.2) is 18.2 Å². The number of methoxy groups -OCH3 is 1. The van der Waals surface area contributed by atoms with Crippen LogP contribution in [0.1, 0.15) is 29.6 Å². The highest BCUT2D eigenvalue weighted by molar-refractivity contribution is 5.99. The van der Waals surface area contributed by atoms with Crippen molar-refractivity contribution in [1.29, 1.82) is 0 Å². The Morgan fingerprint density at radius 3 is 2.39 bits per heavy atom. The molecular weight excluding hydrogens is 403 g/mol. The van der Waals surface area contributed by atoms with E-state index in [2.05, 4.69) is 17.3 Å². The number of rotatable bonds is 4. The molecule has 28 heavy (non-hydrogen) atoms. The lowest BCUT2D eigenvalue weighted by Gasteiger charge is -2.32. The van der Waals surface area contributed by atoms with Crippen LogP contribution in [-0.2, 0) is 4.79 Å². The lowest BCUT2D eigenvalue weighted by Crippen LogP contribution is -2.47. The Bertz CT molecular complexity index is 681. The molecule has 1 aliphatic heterocycles. The SMILES string of the molecule is COc1ccc(C(=O)N2CCN(C)CC2)cc1NC(=O)C1CCC(N)C1.Cl.Cl. The van der Waals surface area contributed by atoms with Gasteiger partial charge in [0.05, 0.1) is 12.8 Å². The van der Waals surface area contributed by atoms with Gasteiger partial charge in [-0.05, 0) is 44.5 Å². The number of nitrogens with two attached hydrogens (primary N) is 1. The third-order valence-corrected chi connectivity index (χ3v) is 5.34. The number of amides is 2. The minimum absolute atomic E-state index is 0. The topological polar surface area (TPSA) is 87.9 Å². The largest absolute Gasteiger partial charge is 0.495 e. The number of hydrogen-bond donors (Lipinski definition) is 2. The highest BCUT2D eigenvalue weighted by Crippen LogP contribution is 2.30. The summed E-state index contributed by atoms with van der Waals surface area (Å²) in [5.74, 6) is 0.404. The first-order valence-corrected chi connectivity index (χ1v) is 9.20. The highest BCUT2D eigenvalue weighted by Gasteiger charge is 2.28. The summed E-state index contributed by atoms with van der Waals surface area (Å²) in [6, 6.07) is 5.30. The first kappa shape index (κ1) is 24.5. The van der Waals surface area contributed by atoms with E-state index in [0.29, 0.717) is 36.5 Å². The van der Waals surface area contributed by atoms with E-state index in [1.54, 1.807) is 25.3 Å². The van der Waals surface area contributed by atoms with Gasteiger partial charge in [0.15, 0.2) is 0 Å². The standard InChI is InChI=1S/C19H28N4O3.2ClH/c1-22-7-9-23(10-8-22)19(25)14-4-6-17(26-2)16(12-14)21-18(24)13-3-5-15(20)11-13;;/h4,6,12-13,15H,3,5,7-11,20H2,1-2H3,(H,21,24);2*1H. The van der Waals surface area contributed by atoms with E-state index < -0.39 is 0 Å².